The Labute approximate surface area is 133 Å². The summed E-state index contributed by atoms with van der Waals surface area (Å²) in [7, 11) is 0. The first-order valence-electron chi connectivity index (χ1n) is 9.35. The van der Waals surface area contributed by atoms with Gasteiger partial charge in [0.25, 0.3) is 0 Å². The summed E-state index contributed by atoms with van der Waals surface area (Å²) in [4.78, 5) is 13.1. The van der Waals surface area contributed by atoms with Crippen LogP contribution in [0.2, 0.25) is 0 Å². The number of allylic oxidation sites excluding steroid dienone is 1. The van der Waals surface area contributed by atoms with Crippen LogP contribution in [-0.4, -0.2) is 12.6 Å². The number of hydrogen-bond acceptors (Lipinski definition) is 2. The van der Waals surface area contributed by atoms with E-state index in [-0.39, 0.29) is 16.8 Å². The van der Waals surface area contributed by atoms with E-state index < -0.39 is 0 Å². The molecule has 0 N–H and O–H groups in total. The summed E-state index contributed by atoms with van der Waals surface area (Å²) < 4.78 is 5.83. The Morgan fingerprint density at radius 1 is 1.14 bits per heavy atom. The van der Waals surface area contributed by atoms with Crippen LogP contribution >= 0.6 is 0 Å². The van der Waals surface area contributed by atoms with E-state index in [4.69, 9.17) is 4.74 Å². The molecule has 0 aromatic heterocycles. The molecule has 1 aliphatic heterocycles. The van der Waals surface area contributed by atoms with Gasteiger partial charge in [-0.3, -0.25) is 4.79 Å². The van der Waals surface area contributed by atoms with Gasteiger partial charge < -0.3 is 4.74 Å². The molecule has 5 rings (SSSR count). The Kier molecular flexibility index (Phi) is 2.47. The molecule has 5 fully saturated rings. The van der Waals surface area contributed by atoms with Crippen molar-refractivity contribution in [1.29, 1.82) is 0 Å². The van der Waals surface area contributed by atoms with Gasteiger partial charge in [0.2, 0.25) is 0 Å². The van der Waals surface area contributed by atoms with E-state index in [1.54, 1.807) is 0 Å². The molecule has 4 aliphatic carbocycles. The normalized spacial score (nSPS) is 56.1. The Bertz CT molecular complexity index is 566. The SMILES string of the molecule is C=C1CC23CCC4C5(C)CCCC4(C(=O)OC5)C2CCC1C3. The van der Waals surface area contributed by atoms with Crippen molar-refractivity contribution >= 4 is 5.97 Å². The minimum absolute atomic E-state index is 0.140. The maximum atomic E-state index is 13.1. The van der Waals surface area contributed by atoms with E-state index in [1.807, 2.05) is 0 Å². The summed E-state index contributed by atoms with van der Waals surface area (Å²) in [5, 5.41) is 0. The summed E-state index contributed by atoms with van der Waals surface area (Å²) in [5.74, 6) is 2.08. The smallest absolute Gasteiger partial charge is 0.312 e. The number of hydrogen-bond donors (Lipinski definition) is 0. The molecule has 120 valence electrons. The summed E-state index contributed by atoms with van der Waals surface area (Å²) in [6.07, 6.45) is 11.2. The Morgan fingerprint density at radius 3 is 2.86 bits per heavy atom. The van der Waals surface area contributed by atoms with E-state index in [2.05, 4.69) is 13.5 Å². The second-order valence-corrected chi connectivity index (χ2v) is 9.44. The van der Waals surface area contributed by atoms with E-state index in [1.165, 1.54) is 56.9 Å². The molecule has 2 heteroatoms. The second-order valence-electron chi connectivity index (χ2n) is 9.44. The number of rotatable bonds is 0. The molecule has 0 aromatic rings. The lowest BCUT2D eigenvalue weighted by molar-refractivity contribution is -0.231. The lowest BCUT2D eigenvalue weighted by Gasteiger charge is -2.65. The van der Waals surface area contributed by atoms with Crippen molar-refractivity contribution in [3.8, 4) is 0 Å². The van der Waals surface area contributed by atoms with Gasteiger partial charge in [0.05, 0.1) is 12.0 Å². The van der Waals surface area contributed by atoms with E-state index in [0.717, 1.165) is 12.3 Å². The van der Waals surface area contributed by atoms with E-state index in [0.29, 0.717) is 23.9 Å². The molecule has 0 amide bonds. The van der Waals surface area contributed by atoms with Crippen molar-refractivity contribution in [2.75, 3.05) is 6.61 Å². The summed E-state index contributed by atoms with van der Waals surface area (Å²) in [6.45, 7) is 7.45. The first-order valence-corrected chi connectivity index (χ1v) is 9.35. The summed E-state index contributed by atoms with van der Waals surface area (Å²) >= 11 is 0. The highest BCUT2D eigenvalue weighted by Crippen LogP contribution is 2.73. The third-order valence-electron chi connectivity index (χ3n) is 8.62. The topological polar surface area (TPSA) is 26.3 Å². The number of fused-ring (bicyclic) bond motifs is 1. The van der Waals surface area contributed by atoms with Gasteiger partial charge in [-0.15, -0.1) is 0 Å². The molecular weight excluding hydrogens is 272 g/mol. The average molecular weight is 300 g/mol. The molecule has 22 heavy (non-hydrogen) atoms. The first kappa shape index (κ1) is 13.6. The predicted octanol–water partition coefficient (Wildman–Crippen LogP) is 4.49. The van der Waals surface area contributed by atoms with Crippen LogP contribution in [0, 0.1) is 34.0 Å². The minimum atomic E-state index is -0.140. The molecule has 1 saturated heterocycles. The maximum Gasteiger partial charge on any atom is 0.312 e. The van der Waals surface area contributed by atoms with Crippen molar-refractivity contribution in [2.45, 2.75) is 64.7 Å². The molecule has 6 atom stereocenters. The van der Waals surface area contributed by atoms with Gasteiger partial charge in [-0.1, -0.05) is 25.5 Å². The minimum Gasteiger partial charge on any atom is -0.465 e. The summed E-state index contributed by atoms with van der Waals surface area (Å²) in [5.41, 5.74) is 1.99. The largest absolute Gasteiger partial charge is 0.465 e. The zero-order valence-electron chi connectivity index (χ0n) is 13.8. The second kappa shape index (κ2) is 3.99. The molecular formula is C20H28O2. The van der Waals surface area contributed by atoms with Crippen LogP contribution in [0.25, 0.3) is 0 Å². The Morgan fingerprint density at radius 2 is 2.00 bits per heavy atom. The lowest BCUT2D eigenvalue weighted by Crippen LogP contribution is -2.65. The van der Waals surface area contributed by atoms with Crippen molar-refractivity contribution in [3.05, 3.63) is 12.2 Å². The van der Waals surface area contributed by atoms with Crippen LogP contribution in [0.15, 0.2) is 12.2 Å². The number of carbonyl (C=O) groups is 1. The number of cyclic esters (lactones) is 1. The molecule has 0 radical (unpaired) electrons. The molecule has 4 bridgehead atoms. The van der Waals surface area contributed by atoms with Gasteiger partial charge >= 0.3 is 5.97 Å². The van der Waals surface area contributed by atoms with Crippen molar-refractivity contribution in [3.63, 3.8) is 0 Å². The highest BCUT2D eigenvalue weighted by atomic mass is 16.5. The van der Waals surface area contributed by atoms with Gasteiger partial charge in [0, 0.05) is 5.41 Å². The zero-order valence-corrected chi connectivity index (χ0v) is 13.8. The molecule has 2 nitrogen and oxygen atoms in total. The van der Waals surface area contributed by atoms with Gasteiger partial charge in [-0.2, -0.15) is 0 Å². The highest BCUT2D eigenvalue weighted by molar-refractivity contribution is 5.79. The number of carbonyl (C=O) groups excluding carboxylic acids is 1. The van der Waals surface area contributed by atoms with Gasteiger partial charge in [-0.25, -0.2) is 0 Å². The van der Waals surface area contributed by atoms with Crippen molar-refractivity contribution < 1.29 is 9.53 Å². The summed E-state index contributed by atoms with van der Waals surface area (Å²) in [6, 6.07) is 0. The van der Waals surface area contributed by atoms with Crippen molar-refractivity contribution in [1.82, 2.24) is 0 Å². The monoisotopic (exact) mass is 300 g/mol. The fourth-order valence-corrected chi connectivity index (χ4v) is 7.85. The third-order valence-corrected chi connectivity index (χ3v) is 8.62. The van der Waals surface area contributed by atoms with Crippen LogP contribution in [0.1, 0.15) is 64.7 Å². The van der Waals surface area contributed by atoms with Crippen LogP contribution in [0.5, 0.6) is 0 Å². The molecule has 6 unspecified atom stereocenters. The highest BCUT2D eigenvalue weighted by Gasteiger charge is 2.70. The van der Waals surface area contributed by atoms with Crippen LogP contribution < -0.4 is 0 Å². The van der Waals surface area contributed by atoms with Crippen LogP contribution in [0.4, 0.5) is 0 Å². The Balaban J connectivity index is 1.65. The molecule has 0 aromatic carbocycles. The van der Waals surface area contributed by atoms with E-state index in [9.17, 15) is 4.79 Å². The van der Waals surface area contributed by atoms with Crippen LogP contribution in [-0.2, 0) is 9.53 Å². The third kappa shape index (κ3) is 1.37. The molecule has 4 saturated carbocycles. The van der Waals surface area contributed by atoms with Crippen molar-refractivity contribution in [2.24, 2.45) is 34.0 Å². The van der Waals surface area contributed by atoms with Gasteiger partial charge in [0.15, 0.2) is 0 Å². The quantitative estimate of drug-likeness (QED) is 0.486. The van der Waals surface area contributed by atoms with Gasteiger partial charge in [-0.05, 0) is 74.5 Å². The molecule has 1 heterocycles. The van der Waals surface area contributed by atoms with Crippen LogP contribution in [0.3, 0.4) is 0 Å². The lowest BCUT2D eigenvalue weighted by atomic mass is 9.39. The standard InChI is InChI=1S/C20H28O2/c1-13-10-19-9-6-15-18(2)7-3-8-20(15,17(21)22-12-18)16(19)5-4-14(13)11-19/h14-16H,1,3-12H2,2H3. The molecule has 1 spiro atoms. The Hall–Kier alpha value is -0.790. The maximum absolute atomic E-state index is 13.1. The fraction of sp³-hybridized carbons (Fsp3) is 0.850. The first-order chi connectivity index (χ1) is 10.5. The number of ether oxygens (including phenoxy) is 1. The average Bonchev–Trinajstić information content (AvgIpc) is 2.73. The fourth-order valence-electron chi connectivity index (χ4n) is 7.85. The predicted molar refractivity (Wildman–Crippen MR) is 85.1 cm³/mol. The van der Waals surface area contributed by atoms with E-state index >= 15 is 0 Å². The van der Waals surface area contributed by atoms with Gasteiger partial charge in [0.1, 0.15) is 0 Å². The zero-order chi connectivity index (χ0) is 15.2. The number of esters is 1. The molecule has 5 aliphatic rings.